The van der Waals surface area contributed by atoms with Crippen LogP contribution in [0.3, 0.4) is 0 Å². The highest BCUT2D eigenvalue weighted by Crippen LogP contribution is 2.20. The van der Waals surface area contributed by atoms with Gasteiger partial charge in [0.1, 0.15) is 0 Å². The zero-order valence-electron chi connectivity index (χ0n) is 8.94. The van der Waals surface area contributed by atoms with Crippen molar-refractivity contribution in [1.82, 2.24) is 0 Å². The Hall–Kier alpha value is -0.923. The van der Waals surface area contributed by atoms with E-state index in [1.807, 2.05) is 0 Å². The van der Waals surface area contributed by atoms with Crippen molar-refractivity contribution >= 4 is 20.7 Å². The van der Waals surface area contributed by atoms with E-state index in [1.165, 1.54) is 20.4 Å². The van der Waals surface area contributed by atoms with Gasteiger partial charge >= 0.3 is 8.80 Å². The zero-order valence-corrected chi connectivity index (χ0v) is 9.94. The van der Waals surface area contributed by atoms with E-state index < -0.39 is 27.0 Å². The van der Waals surface area contributed by atoms with E-state index in [0.717, 1.165) is 0 Å². The Morgan fingerprint density at radius 1 is 1.27 bits per heavy atom. The molecule has 0 aliphatic carbocycles. The average Bonchev–Trinajstić information content (AvgIpc) is 1.93. The summed E-state index contributed by atoms with van der Waals surface area (Å²) in [5.41, 5.74) is 0. The van der Waals surface area contributed by atoms with Gasteiger partial charge in [0.15, 0.2) is 6.29 Å². The molecule has 7 heteroatoms. The molecule has 0 amide bonds. The van der Waals surface area contributed by atoms with Gasteiger partial charge in [0.25, 0.3) is 11.9 Å². The molecular weight excluding hydrogens is 220 g/mol. The predicted molar refractivity (Wildman–Crippen MR) is 50.6 cm³/mol. The topological polar surface area (TPSA) is 71.1 Å². The molecule has 1 rings (SSSR count). The number of hydrogen-bond acceptors (Lipinski definition) is 6. The molecule has 15 heavy (non-hydrogen) atoms. The highest BCUT2D eigenvalue weighted by molar-refractivity contribution is 6.62. The Morgan fingerprint density at radius 3 is 2.00 bits per heavy atom. The van der Waals surface area contributed by atoms with Crippen LogP contribution in [0, 0.1) is 0 Å². The maximum atomic E-state index is 10.8. The predicted octanol–water partition coefficient (Wildman–Crippen LogP) is 0.444. The Labute approximate surface area is 88.8 Å². The van der Waals surface area contributed by atoms with E-state index in [1.54, 1.807) is 0 Å². The van der Waals surface area contributed by atoms with Gasteiger partial charge in [0.2, 0.25) is 0 Å². The molecule has 0 bridgehead atoms. The minimum Gasteiger partial charge on any atom is -0.465 e. The van der Waals surface area contributed by atoms with E-state index >= 15 is 0 Å². The first-order chi connectivity index (χ1) is 6.91. The van der Waals surface area contributed by atoms with Crippen LogP contribution in [-0.4, -0.2) is 33.6 Å². The number of carbonyl (C=O) groups excluding carboxylic acids is 2. The highest BCUT2D eigenvalue weighted by atomic mass is 28.4. The summed E-state index contributed by atoms with van der Waals surface area (Å²) in [5.74, 6) is -1.07. The third kappa shape index (κ3) is 3.98. The fraction of sp³-hybridized carbons (Fsp3) is 0.750. The lowest BCUT2D eigenvalue weighted by molar-refractivity contribution is -0.192. The monoisotopic (exact) mass is 234 g/mol. The van der Waals surface area contributed by atoms with E-state index in [4.69, 9.17) is 18.0 Å². The summed E-state index contributed by atoms with van der Waals surface area (Å²) in [4.78, 5) is 21.7. The fourth-order valence-corrected chi connectivity index (χ4v) is 2.98. The number of carbonyl (C=O) groups is 2. The molecule has 0 N–H and O–H groups in total. The third-order valence-corrected chi connectivity index (χ3v) is 3.67. The molecule has 86 valence electrons. The maximum Gasteiger partial charge on any atom is 0.634 e. The standard InChI is InChI=1S/C8H14O6Si/c1-6(9)12-15(3,13-7(2)10)14-8-4-5-11-8/h8H,4-5H2,1-3H3. The first-order valence-electron chi connectivity index (χ1n) is 4.60. The summed E-state index contributed by atoms with van der Waals surface area (Å²) in [6, 6.07) is 0. The van der Waals surface area contributed by atoms with Gasteiger partial charge in [0.05, 0.1) is 6.61 Å². The molecule has 1 fully saturated rings. The molecule has 1 saturated heterocycles. The summed E-state index contributed by atoms with van der Waals surface area (Å²) in [7, 11) is -3.23. The van der Waals surface area contributed by atoms with Gasteiger partial charge in [-0.15, -0.1) is 0 Å². The SMILES string of the molecule is CC(=O)O[Si](C)(OC(C)=O)OC1CCO1. The molecule has 6 nitrogen and oxygen atoms in total. The van der Waals surface area contributed by atoms with Crippen molar-refractivity contribution in [2.24, 2.45) is 0 Å². The maximum absolute atomic E-state index is 10.8. The molecular formula is C8H14O6Si. The minimum absolute atomic E-state index is 0.430. The number of ether oxygens (including phenoxy) is 1. The second-order valence-electron chi connectivity index (χ2n) is 3.26. The molecule has 0 spiro atoms. The van der Waals surface area contributed by atoms with Crippen molar-refractivity contribution in [2.45, 2.75) is 33.1 Å². The van der Waals surface area contributed by atoms with Gasteiger partial charge in [-0.25, -0.2) is 0 Å². The molecule has 0 saturated carbocycles. The van der Waals surface area contributed by atoms with Crippen LogP contribution in [-0.2, 0) is 27.6 Å². The lowest BCUT2D eigenvalue weighted by Gasteiger charge is -2.33. The number of hydrogen-bond donors (Lipinski definition) is 0. The van der Waals surface area contributed by atoms with Gasteiger partial charge in [-0.1, -0.05) is 0 Å². The first-order valence-corrected chi connectivity index (χ1v) is 6.82. The quantitative estimate of drug-likeness (QED) is 0.657. The van der Waals surface area contributed by atoms with E-state index in [9.17, 15) is 9.59 Å². The van der Waals surface area contributed by atoms with E-state index in [0.29, 0.717) is 13.0 Å². The molecule has 0 radical (unpaired) electrons. The van der Waals surface area contributed by atoms with Crippen LogP contribution < -0.4 is 0 Å². The van der Waals surface area contributed by atoms with Gasteiger partial charge in [-0.2, -0.15) is 0 Å². The molecule has 1 aliphatic heterocycles. The van der Waals surface area contributed by atoms with Crippen LogP contribution in [0.2, 0.25) is 6.55 Å². The van der Waals surface area contributed by atoms with E-state index in [-0.39, 0.29) is 0 Å². The summed E-state index contributed by atoms with van der Waals surface area (Å²) < 4.78 is 20.2. The average molecular weight is 234 g/mol. The molecule has 0 aromatic rings. The molecule has 0 aromatic carbocycles. The van der Waals surface area contributed by atoms with Crippen molar-refractivity contribution in [3.05, 3.63) is 0 Å². The summed E-state index contributed by atoms with van der Waals surface area (Å²) in [6.45, 7) is 4.56. The van der Waals surface area contributed by atoms with Crippen LogP contribution in [0.1, 0.15) is 20.3 Å². The molecule has 1 unspecified atom stereocenters. The minimum atomic E-state index is -3.23. The van der Waals surface area contributed by atoms with Crippen LogP contribution >= 0.6 is 0 Å². The van der Waals surface area contributed by atoms with Crippen molar-refractivity contribution in [3.8, 4) is 0 Å². The summed E-state index contributed by atoms with van der Waals surface area (Å²) in [6.07, 6.45) is 0.283. The van der Waals surface area contributed by atoms with Crippen LogP contribution in [0.4, 0.5) is 0 Å². The largest absolute Gasteiger partial charge is 0.634 e. The normalized spacial score (nSPS) is 20.3. The second-order valence-corrected chi connectivity index (χ2v) is 5.63. The lowest BCUT2D eigenvalue weighted by atomic mass is 10.4. The van der Waals surface area contributed by atoms with Crippen LogP contribution in [0.15, 0.2) is 0 Å². The highest BCUT2D eigenvalue weighted by Gasteiger charge is 2.46. The fourth-order valence-electron chi connectivity index (χ4n) is 1.14. The van der Waals surface area contributed by atoms with Crippen molar-refractivity contribution in [2.75, 3.05) is 6.61 Å². The smallest absolute Gasteiger partial charge is 0.465 e. The van der Waals surface area contributed by atoms with Gasteiger partial charge in [-0.05, 0) is 0 Å². The summed E-state index contributed by atoms with van der Waals surface area (Å²) in [5, 5.41) is 0. The Balaban J connectivity index is 2.56. The Kier molecular flexibility index (Phi) is 3.83. The molecule has 1 aliphatic rings. The second kappa shape index (κ2) is 4.73. The number of rotatable bonds is 4. The molecule has 0 aromatic heterocycles. The summed E-state index contributed by atoms with van der Waals surface area (Å²) >= 11 is 0. The Morgan fingerprint density at radius 2 is 1.73 bits per heavy atom. The van der Waals surface area contributed by atoms with Crippen LogP contribution in [0.5, 0.6) is 0 Å². The zero-order chi connectivity index (χ0) is 11.5. The first kappa shape index (κ1) is 12.1. The van der Waals surface area contributed by atoms with Gasteiger partial charge < -0.3 is 18.0 Å². The third-order valence-electron chi connectivity index (χ3n) is 1.66. The van der Waals surface area contributed by atoms with Gasteiger partial charge in [-0.3, -0.25) is 9.59 Å². The van der Waals surface area contributed by atoms with Crippen molar-refractivity contribution in [1.29, 1.82) is 0 Å². The van der Waals surface area contributed by atoms with Crippen molar-refractivity contribution < 1.29 is 27.6 Å². The van der Waals surface area contributed by atoms with E-state index in [2.05, 4.69) is 0 Å². The molecule has 1 heterocycles. The molecule has 1 atom stereocenters. The van der Waals surface area contributed by atoms with Crippen LogP contribution in [0.25, 0.3) is 0 Å². The van der Waals surface area contributed by atoms with Crippen molar-refractivity contribution in [3.63, 3.8) is 0 Å². The lowest BCUT2D eigenvalue weighted by Crippen LogP contribution is -2.50. The Bertz CT molecular complexity index is 246. The van der Waals surface area contributed by atoms with Gasteiger partial charge in [0, 0.05) is 26.8 Å².